The van der Waals surface area contributed by atoms with E-state index in [0.29, 0.717) is 38.5 Å². The number of amides is 2. The van der Waals surface area contributed by atoms with Crippen LogP contribution in [0, 0.1) is 13.8 Å². The van der Waals surface area contributed by atoms with Crippen molar-refractivity contribution >= 4 is 6.03 Å². The molecule has 1 saturated heterocycles. The Bertz CT molecular complexity index is 663. The van der Waals surface area contributed by atoms with Crippen molar-refractivity contribution in [1.82, 2.24) is 15.8 Å². The van der Waals surface area contributed by atoms with Crippen molar-refractivity contribution in [3.05, 3.63) is 41.2 Å². The molecule has 0 saturated carbocycles. The van der Waals surface area contributed by atoms with Crippen LogP contribution >= 0.6 is 0 Å². The molecule has 2 amide bonds. The summed E-state index contributed by atoms with van der Waals surface area (Å²) in [6, 6.07) is 3.09. The molecule has 3 rings (SSSR count). The third kappa shape index (κ3) is 4.61. The SMILES string of the molecule is Cc1noc(C)c1CO[C@H]1CCOC[C@H]1NC(=O)NCc1ccco1. The topological polar surface area (TPSA) is 98.8 Å². The maximum Gasteiger partial charge on any atom is 0.315 e. The smallest absolute Gasteiger partial charge is 0.315 e. The monoisotopic (exact) mass is 349 g/mol. The minimum atomic E-state index is -0.280. The van der Waals surface area contributed by atoms with Crippen LogP contribution in [0.5, 0.6) is 0 Å². The van der Waals surface area contributed by atoms with Crippen LogP contribution in [0.15, 0.2) is 27.3 Å². The number of carbonyl (C=O) groups excluding carboxylic acids is 1. The van der Waals surface area contributed by atoms with E-state index in [1.807, 2.05) is 13.8 Å². The molecule has 0 aliphatic carbocycles. The van der Waals surface area contributed by atoms with Gasteiger partial charge in [-0.05, 0) is 32.4 Å². The summed E-state index contributed by atoms with van der Waals surface area (Å²) in [4.78, 5) is 12.1. The molecule has 1 aliphatic rings. The first-order chi connectivity index (χ1) is 12.1. The Balaban J connectivity index is 1.50. The van der Waals surface area contributed by atoms with Crippen LogP contribution in [-0.2, 0) is 22.6 Å². The first-order valence-corrected chi connectivity index (χ1v) is 8.31. The third-order valence-corrected chi connectivity index (χ3v) is 4.24. The van der Waals surface area contributed by atoms with E-state index in [4.69, 9.17) is 18.4 Å². The Morgan fingerprint density at radius 3 is 3.04 bits per heavy atom. The molecular weight excluding hydrogens is 326 g/mol. The summed E-state index contributed by atoms with van der Waals surface area (Å²) in [7, 11) is 0. The molecular formula is C17H23N3O5. The quantitative estimate of drug-likeness (QED) is 0.828. The van der Waals surface area contributed by atoms with E-state index >= 15 is 0 Å². The number of aryl methyl sites for hydroxylation is 2. The molecule has 0 aromatic carbocycles. The van der Waals surface area contributed by atoms with Gasteiger partial charge in [-0.15, -0.1) is 0 Å². The number of ether oxygens (including phenoxy) is 2. The largest absolute Gasteiger partial charge is 0.467 e. The van der Waals surface area contributed by atoms with Crippen LogP contribution in [-0.4, -0.2) is 36.5 Å². The van der Waals surface area contributed by atoms with Crippen molar-refractivity contribution in [2.75, 3.05) is 13.2 Å². The predicted molar refractivity (Wildman–Crippen MR) is 87.9 cm³/mol. The summed E-state index contributed by atoms with van der Waals surface area (Å²) >= 11 is 0. The lowest BCUT2D eigenvalue weighted by Gasteiger charge is -2.32. The fourth-order valence-electron chi connectivity index (χ4n) is 2.75. The standard InChI is InChI=1S/C17H23N3O5/c1-11-14(12(2)25-20-11)9-24-16-5-7-22-10-15(16)19-17(21)18-8-13-4-3-6-23-13/h3-4,6,15-16H,5,7-10H2,1-2H3,(H2,18,19,21)/t15-,16+/m1/s1. The molecule has 0 radical (unpaired) electrons. The zero-order valence-electron chi connectivity index (χ0n) is 14.4. The normalized spacial score (nSPS) is 20.4. The number of nitrogens with zero attached hydrogens (tertiary/aromatic N) is 1. The highest BCUT2D eigenvalue weighted by Crippen LogP contribution is 2.18. The number of carbonyl (C=O) groups is 1. The van der Waals surface area contributed by atoms with Crippen LogP contribution in [0.1, 0.15) is 29.2 Å². The number of aromatic nitrogens is 1. The minimum absolute atomic E-state index is 0.128. The van der Waals surface area contributed by atoms with Crippen LogP contribution in [0.2, 0.25) is 0 Å². The number of furan rings is 1. The van der Waals surface area contributed by atoms with Crippen LogP contribution in [0.3, 0.4) is 0 Å². The average Bonchev–Trinajstić information content (AvgIpc) is 3.23. The second-order valence-electron chi connectivity index (χ2n) is 6.03. The highest BCUT2D eigenvalue weighted by atomic mass is 16.5. The van der Waals surface area contributed by atoms with E-state index in [9.17, 15) is 4.79 Å². The second kappa shape index (κ2) is 8.17. The fourth-order valence-corrected chi connectivity index (χ4v) is 2.75. The molecule has 2 N–H and O–H groups in total. The Kier molecular flexibility index (Phi) is 5.72. The van der Waals surface area contributed by atoms with Crippen LogP contribution in [0.25, 0.3) is 0 Å². The van der Waals surface area contributed by atoms with Crippen molar-refractivity contribution in [2.45, 2.75) is 45.6 Å². The Morgan fingerprint density at radius 2 is 2.32 bits per heavy atom. The maximum absolute atomic E-state index is 12.1. The summed E-state index contributed by atoms with van der Waals surface area (Å²) in [5.74, 6) is 1.45. The van der Waals surface area contributed by atoms with E-state index < -0.39 is 0 Å². The molecule has 136 valence electrons. The van der Waals surface area contributed by atoms with Gasteiger partial charge in [-0.25, -0.2) is 4.79 Å². The summed E-state index contributed by atoms with van der Waals surface area (Å²) in [6.45, 7) is 5.51. The van der Waals surface area contributed by atoms with Gasteiger partial charge in [0.1, 0.15) is 11.5 Å². The molecule has 2 aromatic heterocycles. The van der Waals surface area contributed by atoms with E-state index in [1.54, 1.807) is 18.4 Å². The Morgan fingerprint density at radius 1 is 1.44 bits per heavy atom. The minimum Gasteiger partial charge on any atom is -0.467 e. The van der Waals surface area contributed by atoms with Gasteiger partial charge in [0, 0.05) is 12.2 Å². The molecule has 3 heterocycles. The van der Waals surface area contributed by atoms with Gasteiger partial charge in [0.15, 0.2) is 0 Å². The molecule has 8 nitrogen and oxygen atoms in total. The number of urea groups is 1. The maximum atomic E-state index is 12.1. The van der Waals surface area contributed by atoms with Crippen molar-refractivity contribution < 1.29 is 23.2 Å². The molecule has 25 heavy (non-hydrogen) atoms. The second-order valence-corrected chi connectivity index (χ2v) is 6.03. The van der Waals surface area contributed by atoms with Crippen molar-refractivity contribution in [3.8, 4) is 0 Å². The molecule has 1 aliphatic heterocycles. The lowest BCUT2D eigenvalue weighted by molar-refractivity contribution is -0.0599. The van der Waals surface area contributed by atoms with Gasteiger partial charge in [0.25, 0.3) is 0 Å². The first-order valence-electron chi connectivity index (χ1n) is 8.31. The average molecular weight is 349 g/mol. The number of hydrogen-bond acceptors (Lipinski definition) is 6. The first kappa shape index (κ1) is 17.5. The van der Waals surface area contributed by atoms with Crippen LogP contribution < -0.4 is 10.6 Å². The third-order valence-electron chi connectivity index (χ3n) is 4.24. The lowest BCUT2D eigenvalue weighted by Crippen LogP contribution is -2.53. The molecule has 2 atom stereocenters. The molecule has 8 heteroatoms. The lowest BCUT2D eigenvalue weighted by atomic mass is 10.1. The molecule has 0 spiro atoms. The van der Waals surface area contributed by atoms with E-state index in [-0.39, 0.29) is 18.2 Å². The summed E-state index contributed by atoms with van der Waals surface area (Å²) in [5.41, 5.74) is 1.78. The van der Waals surface area contributed by atoms with Crippen molar-refractivity contribution in [2.24, 2.45) is 0 Å². The van der Waals surface area contributed by atoms with Crippen molar-refractivity contribution in [1.29, 1.82) is 0 Å². The van der Waals surface area contributed by atoms with Crippen LogP contribution in [0.4, 0.5) is 4.79 Å². The van der Waals surface area contributed by atoms with E-state index in [1.165, 1.54) is 0 Å². The van der Waals surface area contributed by atoms with Gasteiger partial charge in [-0.2, -0.15) is 0 Å². The van der Waals surface area contributed by atoms with Gasteiger partial charge in [0.05, 0.1) is 43.9 Å². The van der Waals surface area contributed by atoms with Gasteiger partial charge in [0.2, 0.25) is 0 Å². The number of hydrogen-bond donors (Lipinski definition) is 2. The van der Waals surface area contributed by atoms with Gasteiger partial charge in [-0.3, -0.25) is 0 Å². The molecule has 1 fully saturated rings. The number of rotatable bonds is 6. The summed E-state index contributed by atoms with van der Waals surface area (Å²) in [6.07, 6.45) is 2.16. The highest BCUT2D eigenvalue weighted by Gasteiger charge is 2.28. The highest BCUT2D eigenvalue weighted by molar-refractivity contribution is 5.74. The summed E-state index contributed by atoms with van der Waals surface area (Å²) in [5, 5.41) is 9.60. The summed E-state index contributed by atoms with van der Waals surface area (Å²) < 4.78 is 21.8. The number of nitrogens with one attached hydrogen (secondary N) is 2. The Hall–Kier alpha value is -2.32. The molecule has 0 unspecified atom stereocenters. The van der Waals surface area contributed by atoms with E-state index in [0.717, 1.165) is 17.0 Å². The zero-order valence-corrected chi connectivity index (χ0v) is 14.4. The van der Waals surface area contributed by atoms with Gasteiger partial charge < -0.3 is 29.0 Å². The molecule has 0 bridgehead atoms. The molecule has 2 aromatic rings. The van der Waals surface area contributed by atoms with Gasteiger partial charge >= 0.3 is 6.03 Å². The Labute approximate surface area is 145 Å². The zero-order chi connectivity index (χ0) is 17.6. The van der Waals surface area contributed by atoms with Gasteiger partial charge in [-0.1, -0.05) is 5.16 Å². The predicted octanol–water partition coefficient (Wildman–Crippen LogP) is 2.06. The van der Waals surface area contributed by atoms with E-state index in [2.05, 4.69) is 15.8 Å². The fraction of sp³-hybridized carbons (Fsp3) is 0.529. The van der Waals surface area contributed by atoms with Crippen molar-refractivity contribution in [3.63, 3.8) is 0 Å².